The standard InChI is InChI=1S/C15H13Br2NO2S/c16-12-6-7-13(17)15(10-12)21(19,20)18-9-8-14(18)11-4-2-1-3-5-11/h1-7,10,14H,8-9H2/t14-/m0/s1. The first-order chi connectivity index (χ1) is 10.00. The van der Waals surface area contributed by atoms with Crippen LogP contribution >= 0.6 is 31.9 Å². The van der Waals surface area contributed by atoms with Crippen LogP contribution in [0, 0.1) is 0 Å². The molecule has 0 N–H and O–H groups in total. The predicted octanol–water partition coefficient (Wildman–Crippen LogP) is 4.35. The van der Waals surface area contributed by atoms with Gasteiger partial charge in [-0.3, -0.25) is 0 Å². The lowest BCUT2D eigenvalue weighted by molar-refractivity contribution is 0.202. The summed E-state index contributed by atoms with van der Waals surface area (Å²) in [4.78, 5) is 0.303. The molecule has 6 heteroatoms. The highest BCUT2D eigenvalue weighted by Crippen LogP contribution is 2.40. The number of nitrogens with zero attached hydrogens (tertiary/aromatic N) is 1. The molecule has 1 atom stereocenters. The van der Waals surface area contributed by atoms with Gasteiger partial charge in [0.05, 0.1) is 10.9 Å². The highest BCUT2D eigenvalue weighted by Gasteiger charge is 2.40. The Hall–Kier alpha value is -0.690. The van der Waals surface area contributed by atoms with E-state index >= 15 is 0 Å². The molecular formula is C15H13Br2NO2S. The first kappa shape index (κ1) is 15.2. The molecule has 0 spiro atoms. The molecular weight excluding hydrogens is 418 g/mol. The van der Waals surface area contributed by atoms with Crippen LogP contribution in [0.15, 0.2) is 62.4 Å². The van der Waals surface area contributed by atoms with E-state index in [1.165, 1.54) is 0 Å². The van der Waals surface area contributed by atoms with Crippen molar-refractivity contribution in [1.29, 1.82) is 0 Å². The third kappa shape index (κ3) is 2.82. The maximum atomic E-state index is 12.8. The third-order valence-electron chi connectivity index (χ3n) is 3.63. The zero-order valence-electron chi connectivity index (χ0n) is 11.0. The molecule has 1 heterocycles. The SMILES string of the molecule is O=S(=O)(c1cc(Br)ccc1Br)N1CC[C@H]1c1ccccc1. The second-order valence-corrected chi connectivity index (χ2v) is 8.53. The molecule has 110 valence electrons. The molecule has 3 nitrogen and oxygen atoms in total. The Morgan fingerprint density at radius 3 is 2.38 bits per heavy atom. The van der Waals surface area contributed by atoms with Crippen LogP contribution in [-0.2, 0) is 10.0 Å². The minimum Gasteiger partial charge on any atom is -0.207 e. The monoisotopic (exact) mass is 429 g/mol. The van der Waals surface area contributed by atoms with E-state index in [0.29, 0.717) is 15.9 Å². The van der Waals surface area contributed by atoms with Crippen molar-refractivity contribution < 1.29 is 8.42 Å². The van der Waals surface area contributed by atoms with Gasteiger partial charge in [-0.2, -0.15) is 4.31 Å². The number of rotatable bonds is 3. The van der Waals surface area contributed by atoms with Gasteiger partial charge in [-0.05, 0) is 46.1 Å². The van der Waals surface area contributed by atoms with Crippen LogP contribution in [-0.4, -0.2) is 19.3 Å². The van der Waals surface area contributed by atoms with E-state index in [9.17, 15) is 8.42 Å². The number of sulfonamides is 1. The normalized spacial score (nSPS) is 19.2. The maximum Gasteiger partial charge on any atom is 0.244 e. The topological polar surface area (TPSA) is 37.4 Å². The van der Waals surface area contributed by atoms with Crippen LogP contribution in [0.25, 0.3) is 0 Å². The third-order valence-corrected chi connectivity index (χ3v) is 7.03. The second kappa shape index (κ2) is 5.83. The van der Waals surface area contributed by atoms with Gasteiger partial charge in [0.1, 0.15) is 0 Å². The van der Waals surface area contributed by atoms with Crippen molar-refractivity contribution >= 4 is 41.9 Å². The Kier molecular flexibility index (Phi) is 4.23. The van der Waals surface area contributed by atoms with E-state index in [1.54, 1.807) is 16.4 Å². The van der Waals surface area contributed by atoms with Crippen LogP contribution in [0.1, 0.15) is 18.0 Å². The van der Waals surface area contributed by atoms with Gasteiger partial charge >= 0.3 is 0 Å². The molecule has 1 fully saturated rings. The van der Waals surface area contributed by atoms with Crippen LogP contribution in [0.2, 0.25) is 0 Å². The number of hydrogen-bond acceptors (Lipinski definition) is 2. The molecule has 1 aliphatic rings. The van der Waals surface area contributed by atoms with Gasteiger partial charge in [0.2, 0.25) is 10.0 Å². The summed E-state index contributed by atoms with van der Waals surface area (Å²) in [6.45, 7) is 0.556. The van der Waals surface area contributed by atoms with Crippen LogP contribution < -0.4 is 0 Å². The summed E-state index contributed by atoms with van der Waals surface area (Å²) < 4.78 is 28.6. The van der Waals surface area contributed by atoms with E-state index in [-0.39, 0.29) is 6.04 Å². The van der Waals surface area contributed by atoms with Crippen LogP contribution in [0.3, 0.4) is 0 Å². The molecule has 21 heavy (non-hydrogen) atoms. The minimum absolute atomic E-state index is 0.0675. The lowest BCUT2D eigenvalue weighted by Crippen LogP contribution is -2.45. The Bertz CT molecular complexity index is 762. The smallest absolute Gasteiger partial charge is 0.207 e. The van der Waals surface area contributed by atoms with Gasteiger partial charge in [-0.1, -0.05) is 46.3 Å². The molecule has 0 aromatic heterocycles. The van der Waals surface area contributed by atoms with Crippen molar-refractivity contribution in [2.45, 2.75) is 17.4 Å². The van der Waals surface area contributed by atoms with Gasteiger partial charge in [0.25, 0.3) is 0 Å². The molecule has 0 bridgehead atoms. The summed E-state index contributed by atoms with van der Waals surface area (Å²) in [6.07, 6.45) is 0.856. The number of halogens is 2. The molecule has 0 aliphatic carbocycles. The van der Waals surface area contributed by atoms with Gasteiger partial charge in [-0.15, -0.1) is 0 Å². The van der Waals surface area contributed by atoms with Crippen molar-refractivity contribution in [1.82, 2.24) is 4.31 Å². The Morgan fingerprint density at radius 2 is 1.76 bits per heavy atom. The first-order valence-electron chi connectivity index (χ1n) is 6.52. The summed E-state index contributed by atoms with van der Waals surface area (Å²) in [5.41, 5.74) is 1.04. The lowest BCUT2D eigenvalue weighted by Gasteiger charge is -2.40. The van der Waals surface area contributed by atoms with Crippen LogP contribution in [0.5, 0.6) is 0 Å². The van der Waals surface area contributed by atoms with Crippen molar-refractivity contribution in [2.24, 2.45) is 0 Å². The van der Waals surface area contributed by atoms with Gasteiger partial charge in [0, 0.05) is 15.5 Å². The highest BCUT2D eigenvalue weighted by molar-refractivity contribution is 9.11. The molecule has 0 saturated carbocycles. The van der Waals surface area contributed by atoms with Crippen molar-refractivity contribution in [2.75, 3.05) is 6.54 Å². The van der Waals surface area contributed by atoms with Gasteiger partial charge in [0.15, 0.2) is 0 Å². The van der Waals surface area contributed by atoms with E-state index in [1.807, 2.05) is 36.4 Å². The molecule has 1 aliphatic heterocycles. The largest absolute Gasteiger partial charge is 0.244 e. The van der Waals surface area contributed by atoms with Gasteiger partial charge < -0.3 is 0 Å². The predicted molar refractivity (Wildman–Crippen MR) is 89.5 cm³/mol. The van der Waals surface area contributed by atoms with Crippen LogP contribution in [0.4, 0.5) is 0 Å². The summed E-state index contributed by atoms with van der Waals surface area (Å²) in [7, 11) is -3.50. The molecule has 1 saturated heterocycles. The van der Waals surface area contributed by atoms with Crippen molar-refractivity contribution in [3.05, 3.63) is 63.0 Å². The molecule has 3 rings (SSSR count). The fraction of sp³-hybridized carbons (Fsp3) is 0.200. The Labute approximate surface area is 141 Å². The maximum absolute atomic E-state index is 12.8. The lowest BCUT2D eigenvalue weighted by atomic mass is 9.98. The van der Waals surface area contributed by atoms with E-state index in [0.717, 1.165) is 16.5 Å². The van der Waals surface area contributed by atoms with Gasteiger partial charge in [-0.25, -0.2) is 8.42 Å². The zero-order chi connectivity index (χ0) is 15.0. The Balaban J connectivity index is 1.98. The number of hydrogen-bond donors (Lipinski definition) is 0. The summed E-state index contributed by atoms with van der Waals surface area (Å²) in [5.74, 6) is 0. The minimum atomic E-state index is -3.50. The van der Waals surface area contributed by atoms with Crippen molar-refractivity contribution in [3.8, 4) is 0 Å². The summed E-state index contributed by atoms with van der Waals surface area (Å²) in [5, 5.41) is 0. The first-order valence-corrected chi connectivity index (χ1v) is 9.54. The highest BCUT2D eigenvalue weighted by atomic mass is 79.9. The second-order valence-electron chi connectivity index (χ2n) is 4.91. The van der Waals surface area contributed by atoms with E-state index in [2.05, 4.69) is 31.9 Å². The van der Waals surface area contributed by atoms with Crippen molar-refractivity contribution in [3.63, 3.8) is 0 Å². The quantitative estimate of drug-likeness (QED) is 0.725. The molecule has 2 aromatic rings. The Morgan fingerprint density at radius 1 is 1.05 bits per heavy atom. The molecule has 2 aromatic carbocycles. The fourth-order valence-electron chi connectivity index (χ4n) is 2.46. The fourth-order valence-corrected chi connectivity index (χ4v) is 5.58. The van der Waals surface area contributed by atoms with E-state index in [4.69, 9.17) is 0 Å². The zero-order valence-corrected chi connectivity index (χ0v) is 15.0. The molecule has 0 amide bonds. The average Bonchev–Trinajstić information content (AvgIpc) is 2.41. The number of benzene rings is 2. The molecule has 0 radical (unpaired) electrons. The summed E-state index contributed by atoms with van der Waals surface area (Å²) >= 11 is 6.67. The van der Waals surface area contributed by atoms with E-state index < -0.39 is 10.0 Å². The molecule has 0 unspecified atom stereocenters. The summed E-state index contributed by atoms with van der Waals surface area (Å²) in [6, 6.07) is 14.9. The average molecular weight is 431 g/mol.